The van der Waals surface area contributed by atoms with Gasteiger partial charge in [-0.25, -0.2) is 4.98 Å². The zero-order valence-corrected chi connectivity index (χ0v) is 18.0. The molecule has 0 saturated carbocycles. The first kappa shape index (κ1) is 22.1. The molecule has 3 rings (SSSR count). The summed E-state index contributed by atoms with van der Waals surface area (Å²) in [5.41, 5.74) is 9.18. The molecule has 0 saturated heterocycles. The second-order valence-corrected chi connectivity index (χ2v) is 7.65. The van der Waals surface area contributed by atoms with Gasteiger partial charge in [0.05, 0.1) is 12.1 Å². The van der Waals surface area contributed by atoms with Gasteiger partial charge in [0.15, 0.2) is 0 Å². The molecule has 0 bridgehead atoms. The number of halogens is 2. The standard InChI is InChI=1S/C21H22Cl2N4O3/c1-13-4-6-27(7-5-17-12-30-21(23)26-17)20(29)18(13)9-19(28)25-11-15-8-16(22)3-2-14(15)10-24/h2-4,6,8,12H,5,7,9-11,24H2,1H3,(H,25,28). The summed E-state index contributed by atoms with van der Waals surface area (Å²) >= 11 is 11.7. The Morgan fingerprint density at radius 1 is 1.27 bits per heavy atom. The third-order valence-electron chi connectivity index (χ3n) is 4.83. The number of nitrogens with one attached hydrogen (secondary N) is 1. The van der Waals surface area contributed by atoms with Gasteiger partial charge in [0.25, 0.3) is 10.9 Å². The van der Waals surface area contributed by atoms with Gasteiger partial charge in [-0.2, -0.15) is 0 Å². The van der Waals surface area contributed by atoms with Crippen LogP contribution in [0.25, 0.3) is 0 Å². The average molecular weight is 449 g/mol. The molecule has 1 amide bonds. The van der Waals surface area contributed by atoms with Crippen molar-refractivity contribution in [3.05, 3.63) is 85.4 Å². The molecular formula is C21H22Cl2N4O3. The van der Waals surface area contributed by atoms with Gasteiger partial charge in [-0.3, -0.25) is 9.59 Å². The summed E-state index contributed by atoms with van der Waals surface area (Å²) in [5, 5.41) is 3.49. The van der Waals surface area contributed by atoms with E-state index in [1.807, 2.05) is 19.1 Å². The van der Waals surface area contributed by atoms with Crippen molar-refractivity contribution in [3.8, 4) is 0 Å². The quantitative estimate of drug-likeness (QED) is 0.551. The Morgan fingerprint density at radius 2 is 2.07 bits per heavy atom. The summed E-state index contributed by atoms with van der Waals surface area (Å²) in [6, 6.07) is 7.20. The number of oxazole rings is 1. The largest absolute Gasteiger partial charge is 0.436 e. The van der Waals surface area contributed by atoms with Crippen molar-refractivity contribution in [2.75, 3.05) is 0 Å². The smallest absolute Gasteiger partial charge is 0.292 e. The SMILES string of the molecule is Cc1ccn(CCc2coc(Cl)n2)c(=O)c1CC(=O)NCc1cc(Cl)ccc1CN. The molecule has 3 N–H and O–H groups in total. The summed E-state index contributed by atoms with van der Waals surface area (Å²) in [6.07, 6.45) is 3.64. The average Bonchev–Trinajstić information content (AvgIpc) is 3.14. The molecule has 158 valence electrons. The van der Waals surface area contributed by atoms with Crippen LogP contribution in [0.5, 0.6) is 0 Å². The van der Waals surface area contributed by atoms with Gasteiger partial charge in [0, 0.05) is 42.8 Å². The number of aromatic nitrogens is 2. The summed E-state index contributed by atoms with van der Waals surface area (Å²) in [4.78, 5) is 29.4. The molecule has 0 radical (unpaired) electrons. The number of hydrogen-bond donors (Lipinski definition) is 2. The van der Waals surface area contributed by atoms with Crippen molar-refractivity contribution in [2.45, 2.75) is 39.4 Å². The minimum atomic E-state index is -0.251. The summed E-state index contributed by atoms with van der Waals surface area (Å²) < 4.78 is 6.52. The monoisotopic (exact) mass is 448 g/mol. The van der Waals surface area contributed by atoms with Crippen molar-refractivity contribution < 1.29 is 9.21 Å². The lowest BCUT2D eigenvalue weighted by Crippen LogP contribution is -2.31. The van der Waals surface area contributed by atoms with Crippen LogP contribution >= 0.6 is 23.2 Å². The van der Waals surface area contributed by atoms with Crippen LogP contribution in [0.3, 0.4) is 0 Å². The number of carbonyl (C=O) groups is 1. The fourth-order valence-electron chi connectivity index (χ4n) is 3.11. The third-order valence-corrected chi connectivity index (χ3v) is 5.24. The normalized spacial score (nSPS) is 10.9. The van der Waals surface area contributed by atoms with Crippen LogP contribution in [-0.4, -0.2) is 15.5 Å². The van der Waals surface area contributed by atoms with E-state index in [1.165, 1.54) is 6.26 Å². The lowest BCUT2D eigenvalue weighted by atomic mass is 10.1. The molecular weight excluding hydrogens is 427 g/mol. The highest BCUT2D eigenvalue weighted by molar-refractivity contribution is 6.30. The number of hydrogen-bond acceptors (Lipinski definition) is 5. The van der Waals surface area contributed by atoms with Crippen LogP contribution in [0.4, 0.5) is 0 Å². The lowest BCUT2D eigenvalue weighted by Gasteiger charge is -2.12. The van der Waals surface area contributed by atoms with Gasteiger partial charge < -0.3 is 20.0 Å². The van der Waals surface area contributed by atoms with Gasteiger partial charge in [0.2, 0.25) is 5.91 Å². The Kier molecular flexibility index (Phi) is 7.31. The number of rotatable bonds is 8. The Balaban J connectivity index is 1.67. The zero-order chi connectivity index (χ0) is 21.7. The molecule has 0 fully saturated rings. The zero-order valence-electron chi connectivity index (χ0n) is 16.5. The molecule has 1 aromatic carbocycles. The van der Waals surface area contributed by atoms with E-state index in [4.69, 9.17) is 33.4 Å². The lowest BCUT2D eigenvalue weighted by molar-refractivity contribution is -0.120. The molecule has 9 heteroatoms. The highest BCUT2D eigenvalue weighted by Gasteiger charge is 2.13. The van der Waals surface area contributed by atoms with Crippen LogP contribution in [-0.2, 0) is 37.3 Å². The Morgan fingerprint density at radius 3 is 2.77 bits per heavy atom. The topological polar surface area (TPSA) is 103 Å². The maximum absolute atomic E-state index is 12.9. The highest BCUT2D eigenvalue weighted by Crippen LogP contribution is 2.16. The number of pyridine rings is 1. The second-order valence-electron chi connectivity index (χ2n) is 6.89. The molecule has 2 aromatic heterocycles. The fraction of sp³-hybridized carbons (Fsp3) is 0.286. The van der Waals surface area contributed by atoms with Crippen molar-refractivity contribution in [1.82, 2.24) is 14.9 Å². The summed E-state index contributed by atoms with van der Waals surface area (Å²) in [7, 11) is 0. The van der Waals surface area contributed by atoms with Crippen molar-refractivity contribution in [2.24, 2.45) is 5.73 Å². The van der Waals surface area contributed by atoms with E-state index in [1.54, 1.807) is 22.9 Å². The highest BCUT2D eigenvalue weighted by atomic mass is 35.5. The first-order valence-electron chi connectivity index (χ1n) is 9.40. The second kappa shape index (κ2) is 9.93. The van der Waals surface area contributed by atoms with Crippen molar-refractivity contribution >= 4 is 29.1 Å². The summed E-state index contributed by atoms with van der Waals surface area (Å²) in [5.74, 6) is -0.251. The molecule has 0 aliphatic heterocycles. The van der Waals surface area contributed by atoms with Crippen LogP contribution < -0.4 is 16.6 Å². The van der Waals surface area contributed by atoms with Crippen LogP contribution in [0.2, 0.25) is 10.4 Å². The van der Waals surface area contributed by atoms with Crippen molar-refractivity contribution in [3.63, 3.8) is 0 Å². The van der Waals surface area contributed by atoms with Gasteiger partial charge >= 0.3 is 0 Å². The minimum absolute atomic E-state index is 0.0141. The summed E-state index contributed by atoms with van der Waals surface area (Å²) in [6.45, 7) is 2.86. The van der Waals surface area contributed by atoms with Gasteiger partial charge in [-0.1, -0.05) is 17.7 Å². The number of aryl methyl sites for hydroxylation is 3. The van der Waals surface area contributed by atoms with Crippen molar-refractivity contribution in [1.29, 1.82) is 0 Å². The number of nitrogens with two attached hydrogens (primary N) is 1. The number of benzene rings is 1. The molecule has 0 aliphatic rings. The Hall–Kier alpha value is -2.61. The third kappa shape index (κ3) is 5.50. The van der Waals surface area contributed by atoms with Gasteiger partial charge in [0.1, 0.15) is 6.26 Å². The number of nitrogens with zero attached hydrogens (tertiary/aromatic N) is 2. The van der Waals surface area contributed by atoms with Gasteiger partial charge in [-0.05, 0) is 53.4 Å². The first-order chi connectivity index (χ1) is 14.4. The van der Waals surface area contributed by atoms with E-state index in [0.29, 0.717) is 42.3 Å². The molecule has 30 heavy (non-hydrogen) atoms. The molecule has 2 heterocycles. The van der Waals surface area contributed by atoms with Gasteiger partial charge in [-0.15, -0.1) is 0 Å². The Labute approximate surface area is 183 Å². The van der Waals surface area contributed by atoms with E-state index in [0.717, 1.165) is 16.7 Å². The molecule has 0 atom stereocenters. The van der Waals surface area contributed by atoms with Crippen LogP contribution in [0.15, 0.2) is 45.9 Å². The molecule has 0 spiro atoms. The van der Waals surface area contributed by atoms with Crippen LogP contribution in [0.1, 0.15) is 27.9 Å². The molecule has 0 aliphatic carbocycles. The molecule has 3 aromatic rings. The molecule has 7 nitrogen and oxygen atoms in total. The Bertz CT molecular complexity index is 1110. The van der Waals surface area contributed by atoms with E-state index >= 15 is 0 Å². The van der Waals surface area contributed by atoms with E-state index < -0.39 is 0 Å². The number of amides is 1. The van der Waals surface area contributed by atoms with E-state index in [2.05, 4.69) is 10.3 Å². The predicted molar refractivity (Wildman–Crippen MR) is 116 cm³/mol. The number of carbonyl (C=O) groups excluding carboxylic acids is 1. The predicted octanol–water partition coefficient (Wildman–Crippen LogP) is 3.01. The first-order valence-corrected chi connectivity index (χ1v) is 10.2. The van der Waals surface area contributed by atoms with E-state index in [-0.39, 0.29) is 23.2 Å². The minimum Gasteiger partial charge on any atom is -0.436 e. The van der Waals surface area contributed by atoms with E-state index in [9.17, 15) is 9.59 Å². The maximum atomic E-state index is 12.9. The maximum Gasteiger partial charge on any atom is 0.292 e. The van der Waals surface area contributed by atoms with Crippen LogP contribution in [0, 0.1) is 6.92 Å². The molecule has 0 unspecified atom stereocenters. The fourth-order valence-corrected chi connectivity index (χ4v) is 3.46.